The van der Waals surface area contributed by atoms with Crippen LogP contribution in [0.4, 0.5) is 14.5 Å². The minimum atomic E-state index is -0.921. The van der Waals surface area contributed by atoms with E-state index >= 15 is 4.39 Å². The average molecular weight is 477 g/mol. The van der Waals surface area contributed by atoms with Crippen molar-refractivity contribution >= 4 is 47.2 Å². The molecular formula is C21H22Cl3F2N3O. The zero-order valence-corrected chi connectivity index (χ0v) is 19.0. The van der Waals surface area contributed by atoms with Crippen molar-refractivity contribution < 1.29 is 13.6 Å². The molecule has 9 heteroatoms. The van der Waals surface area contributed by atoms with Gasteiger partial charge in [0, 0.05) is 30.4 Å². The smallest absolute Gasteiger partial charge is 0.254 e. The first kappa shape index (κ1) is 23.1. The van der Waals surface area contributed by atoms with E-state index in [0.29, 0.717) is 36.3 Å². The van der Waals surface area contributed by atoms with Crippen LogP contribution in [0.1, 0.15) is 41.8 Å². The Morgan fingerprint density at radius 3 is 2.47 bits per heavy atom. The number of amides is 1. The van der Waals surface area contributed by atoms with Gasteiger partial charge in [0.1, 0.15) is 11.6 Å². The molecular weight excluding hydrogens is 455 g/mol. The predicted octanol–water partition coefficient (Wildman–Crippen LogP) is 5.31. The van der Waals surface area contributed by atoms with Gasteiger partial charge < -0.3 is 15.5 Å². The predicted molar refractivity (Wildman–Crippen MR) is 118 cm³/mol. The maximum Gasteiger partial charge on any atom is 0.254 e. The van der Waals surface area contributed by atoms with E-state index in [1.165, 1.54) is 23.1 Å². The Bertz CT molecular complexity index is 1020. The van der Waals surface area contributed by atoms with Crippen LogP contribution in [0.5, 0.6) is 0 Å². The number of anilines is 1. The van der Waals surface area contributed by atoms with Crippen LogP contribution in [0.2, 0.25) is 10.0 Å². The highest BCUT2D eigenvalue weighted by Gasteiger charge is 2.44. The van der Waals surface area contributed by atoms with Crippen LogP contribution in [-0.2, 0) is 11.1 Å². The molecule has 2 aliphatic rings. The van der Waals surface area contributed by atoms with Gasteiger partial charge in [-0.05, 0) is 51.1 Å². The van der Waals surface area contributed by atoms with E-state index in [1.807, 2.05) is 0 Å². The molecule has 1 atom stereocenters. The van der Waals surface area contributed by atoms with Crippen molar-refractivity contribution in [2.75, 3.05) is 25.5 Å². The maximum absolute atomic E-state index is 15.1. The van der Waals surface area contributed by atoms with Crippen molar-refractivity contribution in [1.82, 2.24) is 10.2 Å². The molecule has 4 rings (SSSR count). The van der Waals surface area contributed by atoms with E-state index in [4.69, 9.17) is 23.2 Å². The molecule has 1 fully saturated rings. The topological polar surface area (TPSA) is 44.4 Å². The minimum absolute atomic E-state index is 0. The number of hydrogen-bond donors (Lipinski definition) is 2. The van der Waals surface area contributed by atoms with Crippen LogP contribution in [0, 0.1) is 11.6 Å². The summed E-state index contributed by atoms with van der Waals surface area (Å²) in [5, 5.41) is 6.83. The first-order valence-electron chi connectivity index (χ1n) is 9.33. The summed E-state index contributed by atoms with van der Waals surface area (Å²) in [5.74, 6) is -1.22. The number of rotatable bonds is 3. The van der Waals surface area contributed by atoms with Crippen molar-refractivity contribution in [3.05, 3.63) is 62.6 Å². The van der Waals surface area contributed by atoms with Crippen LogP contribution >= 0.6 is 35.6 Å². The Morgan fingerprint density at radius 1 is 1.13 bits per heavy atom. The summed E-state index contributed by atoms with van der Waals surface area (Å²) in [7, 11) is 1.65. The van der Waals surface area contributed by atoms with E-state index in [0.717, 1.165) is 0 Å². The maximum atomic E-state index is 15.1. The van der Waals surface area contributed by atoms with Crippen molar-refractivity contribution in [3.63, 3.8) is 0 Å². The number of carbonyl (C=O) groups is 1. The lowest BCUT2D eigenvalue weighted by Crippen LogP contribution is -2.39. The second-order valence-corrected chi connectivity index (χ2v) is 8.94. The molecule has 0 bridgehead atoms. The molecule has 2 aromatic rings. The summed E-state index contributed by atoms with van der Waals surface area (Å²) in [6.07, 6.45) is 0.516. The summed E-state index contributed by atoms with van der Waals surface area (Å²) in [6, 6.07) is 5.66. The molecule has 0 radical (unpaired) electrons. The van der Waals surface area contributed by atoms with Gasteiger partial charge in [0.05, 0.1) is 26.7 Å². The number of nitrogens with zero attached hydrogens (tertiary/aromatic N) is 1. The van der Waals surface area contributed by atoms with Crippen LogP contribution in [-0.4, -0.2) is 30.9 Å². The Labute approximate surface area is 190 Å². The summed E-state index contributed by atoms with van der Waals surface area (Å²) in [5.41, 5.74) is -0.374. The van der Waals surface area contributed by atoms with Gasteiger partial charge in [-0.15, -0.1) is 12.4 Å². The third-order valence-electron chi connectivity index (χ3n) is 6.14. The Kier molecular flexibility index (Phi) is 6.02. The SMILES string of the molecule is CN1C(=O)c2cc(N[C@]3(c4c(F)ccc(Cl)c4Cl)CCNC3)cc(F)c2C1(C)C.Cl. The van der Waals surface area contributed by atoms with E-state index in [1.54, 1.807) is 27.0 Å². The standard InChI is InChI=1S/C21H21Cl2F2N3O.ClH/c1-20(2)16-12(19(29)28(20)3)8-11(9-15(16)25)27-21(6-7-26-10-21)17-14(24)5-4-13(22)18(17)23;/h4-5,8-9,26-27H,6-7,10H2,1-3H3;1H/t21-;/m1./s1. The summed E-state index contributed by atoms with van der Waals surface area (Å²) in [4.78, 5) is 14.2. The number of benzene rings is 2. The molecule has 2 aromatic carbocycles. The molecule has 1 amide bonds. The highest BCUT2D eigenvalue weighted by Crippen LogP contribution is 2.44. The van der Waals surface area contributed by atoms with Crippen molar-refractivity contribution in [1.29, 1.82) is 0 Å². The molecule has 1 saturated heterocycles. The monoisotopic (exact) mass is 475 g/mol. The highest BCUT2D eigenvalue weighted by atomic mass is 35.5. The fourth-order valence-corrected chi connectivity index (χ4v) is 4.88. The van der Waals surface area contributed by atoms with E-state index in [-0.39, 0.29) is 33.9 Å². The van der Waals surface area contributed by atoms with E-state index in [2.05, 4.69) is 10.6 Å². The molecule has 0 aliphatic carbocycles. The normalized spacial score (nSPS) is 22.1. The van der Waals surface area contributed by atoms with Crippen LogP contribution in [0.15, 0.2) is 24.3 Å². The van der Waals surface area contributed by atoms with Gasteiger partial charge in [0.25, 0.3) is 5.91 Å². The summed E-state index contributed by atoms with van der Waals surface area (Å²) >= 11 is 12.5. The van der Waals surface area contributed by atoms with Gasteiger partial charge in [0.15, 0.2) is 0 Å². The quantitative estimate of drug-likeness (QED) is 0.590. The minimum Gasteiger partial charge on any atom is -0.374 e. The molecule has 4 nitrogen and oxygen atoms in total. The average Bonchev–Trinajstić information content (AvgIpc) is 3.17. The second-order valence-electron chi connectivity index (χ2n) is 8.16. The molecule has 30 heavy (non-hydrogen) atoms. The molecule has 162 valence electrons. The number of carbonyl (C=O) groups excluding carboxylic acids is 1. The molecule has 0 aromatic heterocycles. The first-order valence-corrected chi connectivity index (χ1v) is 10.1. The number of nitrogens with one attached hydrogen (secondary N) is 2. The third-order valence-corrected chi connectivity index (χ3v) is 6.94. The van der Waals surface area contributed by atoms with Crippen LogP contribution in [0.25, 0.3) is 0 Å². The van der Waals surface area contributed by atoms with Crippen molar-refractivity contribution in [2.24, 2.45) is 0 Å². The molecule has 2 heterocycles. The second kappa shape index (κ2) is 7.83. The van der Waals surface area contributed by atoms with Gasteiger partial charge >= 0.3 is 0 Å². The first-order chi connectivity index (χ1) is 13.6. The largest absolute Gasteiger partial charge is 0.374 e. The van der Waals surface area contributed by atoms with E-state index < -0.39 is 22.7 Å². The van der Waals surface area contributed by atoms with Gasteiger partial charge in [0.2, 0.25) is 0 Å². The van der Waals surface area contributed by atoms with E-state index in [9.17, 15) is 9.18 Å². The Balaban J connectivity index is 0.00000256. The van der Waals surface area contributed by atoms with Gasteiger partial charge in [-0.3, -0.25) is 4.79 Å². The van der Waals surface area contributed by atoms with Crippen LogP contribution < -0.4 is 10.6 Å². The Hall–Kier alpha value is -1.60. The zero-order chi connectivity index (χ0) is 21.1. The molecule has 0 saturated carbocycles. The zero-order valence-electron chi connectivity index (χ0n) is 16.7. The van der Waals surface area contributed by atoms with Gasteiger partial charge in [-0.2, -0.15) is 0 Å². The molecule has 0 unspecified atom stereocenters. The lowest BCUT2D eigenvalue weighted by molar-refractivity contribution is 0.0689. The lowest BCUT2D eigenvalue weighted by Gasteiger charge is -2.33. The summed E-state index contributed by atoms with van der Waals surface area (Å²) < 4.78 is 29.9. The van der Waals surface area contributed by atoms with Crippen molar-refractivity contribution in [3.8, 4) is 0 Å². The summed E-state index contributed by atoms with van der Waals surface area (Å²) in [6.45, 7) is 4.60. The third kappa shape index (κ3) is 3.34. The fourth-order valence-electron chi connectivity index (χ4n) is 4.39. The van der Waals surface area contributed by atoms with Crippen molar-refractivity contribution in [2.45, 2.75) is 31.3 Å². The Morgan fingerprint density at radius 2 is 1.83 bits per heavy atom. The number of fused-ring (bicyclic) bond motifs is 1. The molecule has 0 spiro atoms. The van der Waals surface area contributed by atoms with Gasteiger partial charge in [-0.1, -0.05) is 23.2 Å². The number of hydrogen-bond acceptors (Lipinski definition) is 3. The van der Waals surface area contributed by atoms with Crippen LogP contribution in [0.3, 0.4) is 0 Å². The van der Waals surface area contributed by atoms with Gasteiger partial charge in [-0.25, -0.2) is 8.78 Å². The fraction of sp³-hybridized carbons (Fsp3) is 0.381. The highest BCUT2D eigenvalue weighted by molar-refractivity contribution is 6.42. The molecule has 2 aliphatic heterocycles. The number of halogens is 5. The lowest BCUT2D eigenvalue weighted by atomic mass is 9.87. The molecule has 2 N–H and O–H groups in total.